The first kappa shape index (κ1) is 34.9. The molecule has 2 aliphatic carbocycles. The van der Waals surface area contributed by atoms with Crippen LogP contribution in [0.2, 0.25) is 0 Å². The zero-order valence-corrected chi connectivity index (χ0v) is 32.4. The van der Waals surface area contributed by atoms with Gasteiger partial charge in [0.05, 0.1) is 50.6 Å². The summed E-state index contributed by atoms with van der Waals surface area (Å²) in [4.78, 5) is 16.3. The first-order valence-electron chi connectivity index (χ1n) is 17.7. The normalized spacial score (nSPS) is 29.5. The Hall–Kier alpha value is -2.12. The summed E-state index contributed by atoms with van der Waals surface area (Å²) < 4.78 is 22.4. The summed E-state index contributed by atoms with van der Waals surface area (Å²) in [5, 5.41) is 38.0. The van der Waals surface area contributed by atoms with Gasteiger partial charge in [-0.25, -0.2) is 14.6 Å². The smallest absolute Gasteiger partial charge is 0.186 e. The summed E-state index contributed by atoms with van der Waals surface area (Å²) in [5.41, 5.74) is 2.70. The van der Waals surface area contributed by atoms with Crippen LogP contribution in [-0.4, -0.2) is 89.7 Å². The number of hydrogen-bond donors (Lipinski definition) is 1. The average molecular weight is 866 g/mol. The Bertz CT molecular complexity index is 2060. The van der Waals surface area contributed by atoms with Gasteiger partial charge in [0, 0.05) is 66.8 Å². The predicted octanol–water partition coefficient (Wildman–Crippen LogP) is 5.50. The largest absolute Gasteiger partial charge is 0.677 e. The van der Waals surface area contributed by atoms with Crippen LogP contribution >= 0.6 is 11.3 Å². The van der Waals surface area contributed by atoms with E-state index in [-0.39, 0.29) is 55.9 Å². The van der Waals surface area contributed by atoms with Crippen molar-refractivity contribution in [3.8, 4) is 17.6 Å². The number of fused-ring (bicyclic) bond motifs is 6. The number of hydrogen-bond acceptors (Lipinski definition) is 11. The second kappa shape index (κ2) is 12.8. The Morgan fingerprint density at radius 2 is 1.98 bits per heavy atom. The van der Waals surface area contributed by atoms with Crippen LogP contribution in [0.4, 0.5) is 10.8 Å². The van der Waals surface area contributed by atoms with E-state index in [9.17, 15) is 14.6 Å². The summed E-state index contributed by atoms with van der Waals surface area (Å²) in [5.74, 6) is 2.40. The van der Waals surface area contributed by atoms with Crippen molar-refractivity contribution in [3.63, 3.8) is 0 Å². The van der Waals surface area contributed by atoms with Gasteiger partial charge in [-0.05, 0) is 97.2 Å². The van der Waals surface area contributed by atoms with E-state index < -0.39 is 21.8 Å². The van der Waals surface area contributed by atoms with E-state index in [2.05, 4.69) is 35.2 Å². The van der Waals surface area contributed by atoms with Crippen LogP contribution in [0.25, 0.3) is 27.9 Å². The summed E-state index contributed by atoms with van der Waals surface area (Å²) in [6.45, 7) is 5.47. The zero-order chi connectivity index (χ0) is 33.8. The predicted molar refractivity (Wildman–Crippen MR) is 188 cm³/mol. The van der Waals surface area contributed by atoms with Crippen LogP contribution < -0.4 is 4.90 Å². The Kier molecular flexibility index (Phi) is 8.93. The molecule has 0 amide bonds. The van der Waals surface area contributed by atoms with E-state index in [1.807, 2.05) is 11.6 Å². The minimum atomic E-state index is -1.35. The molecule has 3 aliphatic heterocycles. The Balaban J connectivity index is 0.00000361. The van der Waals surface area contributed by atoms with Crippen molar-refractivity contribution in [2.45, 2.75) is 112 Å². The molecule has 6 unspecified atom stereocenters. The van der Waals surface area contributed by atoms with Crippen molar-refractivity contribution < 1.29 is 51.6 Å². The first-order valence-corrected chi connectivity index (χ1v) is 19.8. The molecule has 2 fully saturated rings. The molecule has 4 aromatic heterocycles. The Labute approximate surface area is 328 Å². The fourth-order valence-corrected chi connectivity index (χ4v) is 12.3. The van der Waals surface area contributed by atoms with Crippen LogP contribution in [0, 0.1) is 49.1 Å². The molecule has 1 N–H and O–H groups in total. The Morgan fingerprint density at radius 1 is 1.18 bits per heavy atom. The standard InChI is InChI=1S/C35H42N9O3S2.Ho/c1-19(23-9-7-15-42(23)4)44-31-25-30(43-18-34(2,45)14-11-20(43)17-49(46)33(25)40-44)38-29(39-31)27-21-8-5-12-35(28(21)47-41-27)13-6-10-24-26(35)22(16-36)32(37-3)48-24;/h19-20,23,45H,5-15,17-18H2,1-4H3;/q-1;. The molecular formula is C35H42HoN9O3S2-. The number of aromatic nitrogens is 5. The molecule has 0 bridgehead atoms. The van der Waals surface area contributed by atoms with Crippen LogP contribution in [0.3, 0.4) is 0 Å². The van der Waals surface area contributed by atoms with Crippen molar-refractivity contribution in [2.24, 2.45) is 0 Å². The van der Waals surface area contributed by atoms with Gasteiger partial charge < -0.3 is 24.7 Å². The number of likely N-dealkylation sites (N-methyl/N-ethyl adjacent to an activating group) is 1. The molecule has 269 valence electrons. The molecule has 1 radical (unpaired) electrons. The maximum absolute atomic E-state index is 14.0. The summed E-state index contributed by atoms with van der Waals surface area (Å²) in [6.07, 6.45) is 8.96. The molecule has 6 atom stereocenters. The van der Waals surface area contributed by atoms with Crippen molar-refractivity contribution in [1.82, 2.24) is 29.8 Å². The van der Waals surface area contributed by atoms with E-state index in [1.54, 1.807) is 18.4 Å². The fraction of sp³-hybridized carbons (Fsp3) is 0.629. The molecule has 2 saturated heterocycles. The van der Waals surface area contributed by atoms with E-state index >= 15 is 0 Å². The van der Waals surface area contributed by atoms with Gasteiger partial charge in [0.15, 0.2) is 28.0 Å². The van der Waals surface area contributed by atoms with Gasteiger partial charge in [0.2, 0.25) is 0 Å². The number of thiophene rings is 1. The van der Waals surface area contributed by atoms with Gasteiger partial charge in [-0.2, -0.15) is 21.7 Å². The monoisotopic (exact) mass is 865 g/mol. The molecule has 9 rings (SSSR count). The number of aliphatic hydroxyl groups is 1. The third-order valence-electron chi connectivity index (χ3n) is 12.0. The number of aryl methyl sites for hydroxylation is 1. The van der Waals surface area contributed by atoms with Crippen molar-refractivity contribution in [1.29, 1.82) is 5.26 Å². The van der Waals surface area contributed by atoms with E-state index in [1.165, 1.54) is 4.88 Å². The Morgan fingerprint density at radius 3 is 2.72 bits per heavy atom. The molecule has 5 aliphatic rings. The second-order valence-electron chi connectivity index (χ2n) is 15.1. The maximum atomic E-state index is 14.0. The zero-order valence-electron chi connectivity index (χ0n) is 28.8. The molecule has 15 heteroatoms. The van der Waals surface area contributed by atoms with E-state index in [0.29, 0.717) is 64.1 Å². The second-order valence-corrected chi connectivity index (χ2v) is 17.6. The van der Waals surface area contributed by atoms with Crippen LogP contribution in [-0.2, 0) is 29.1 Å². The van der Waals surface area contributed by atoms with Crippen LogP contribution in [0.5, 0.6) is 0 Å². The SMILES string of the molecule is C[N-]c1sc2c(c1C#N)C1(CCC2)CCCc2c(-c3nc4c5c(nn(C(C)C6CCCN6C)c5n3)S(=O)CC3CCC(C)(O)CN43)noc21.[Ho]. The van der Waals surface area contributed by atoms with Gasteiger partial charge in [-0.1, -0.05) is 10.2 Å². The van der Waals surface area contributed by atoms with E-state index in [4.69, 9.17) is 24.7 Å². The molecule has 0 aromatic carbocycles. The summed E-state index contributed by atoms with van der Waals surface area (Å²) in [6, 6.07) is 2.72. The van der Waals surface area contributed by atoms with Crippen molar-refractivity contribution in [2.75, 3.05) is 37.8 Å². The van der Waals surface area contributed by atoms with Gasteiger partial charge in [0.25, 0.3) is 0 Å². The fourth-order valence-electron chi connectivity index (χ4n) is 9.67. The molecule has 1 spiro atoms. The number of nitrogens with zero attached hydrogens (tertiary/aromatic N) is 9. The third-order valence-corrected chi connectivity index (χ3v) is 14.7. The molecule has 0 saturated carbocycles. The van der Waals surface area contributed by atoms with Gasteiger partial charge >= 0.3 is 0 Å². The minimum absolute atomic E-state index is 0. The van der Waals surface area contributed by atoms with E-state index in [0.717, 1.165) is 79.8 Å². The van der Waals surface area contributed by atoms with Gasteiger partial charge in [-0.15, -0.1) is 7.05 Å². The van der Waals surface area contributed by atoms with Crippen LogP contribution in [0.1, 0.15) is 98.6 Å². The van der Waals surface area contributed by atoms with Crippen molar-refractivity contribution >= 4 is 44.0 Å². The molecule has 7 heterocycles. The number of likely N-dealkylation sites (tertiary alicyclic amines) is 1. The quantitative estimate of drug-likeness (QED) is 0.261. The first-order chi connectivity index (χ1) is 23.6. The van der Waals surface area contributed by atoms with Crippen molar-refractivity contribution in [3.05, 3.63) is 32.6 Å². The number of rotatable bonds is 4. The molecule has 50 heavy (non-hydrogen) atoms. The number of nitriles is 1. The topological polar surface area (TPSA) is 151 Å². The summed E-state index contributed by atoms with van der Waals surface area (Å²) >= 11 is 1.63. The van der Waals surface area contributed by atoms with Crippen LogP contribution in [0.15, 0.2) is 9.55 Å². The minimum Gasteiger partial charge on any atom is -0.677 e. The third kappa shape index (κ3) is 5.16. The number of piperidine rings is 1. The molecule has 12 nitrogen and oxygen atoms in total. The number of anilines is 1. The maximum Gasteiger partial charge on any atom is 0.186 e. The molecular weight excluding hydrogens is 824 g/mol. The average Bonchev–Trinajstić information content (AvgIpc) is 3.87. The van der Waals surface area contributed by atoms with Gasteiger partial charge in [-0.3, -0.25) is 4.21 Å². The van der Waals surface area contributed by atoms with Gasteiger partial charge in [0.1, 0.15) is 5.82 Å². The molecule has 4 aromatic rings. The summed E-state index contributed by atoms with van der Waals surface area (Å²) in [7, 11) is 2.57.